The fraction of sp³-hybridized carbons (Fsp3) is 0.571. The van der Waals surface area contributed by atoms with E-state index in [4.69, 9.17) is 4.74 Å². The normalized spacial score (nSPS) is 16.1. The van der Waals surface area contributed by atoms with E-state index in [9.17, 15) is 4.79 Å². The van der Waals surface area contributed by atoms with E-state index in [0.717, 1.165) is 38.3 Å². The molecule has 0 amide bonds. The van der Waals surface area contributed by atoms with Crippen LogP contribution in [0.2, 0.25) is 0 Å². The Hall–Kier alpha value is -2.22. The van der Waals surface area contributed by atoms with Gasteiger partial charge >= 0.3 is 0 Å². The first-order chi connectivity index (χ1) is 10.7. The molecule has 0 saturated carbocycles. The standard InChI is InChI=1S/C14H20N6O2/c1-22-8-12-17-13(6-14(21)18-12)19-4-2-11(3-5-19)7-20-10-15-9-16-20/h6,9-11H,2-5,7-8H2,1H3,(H,17,18,21). The van der Waals surface area contributed by atoms with Crippen molar-refractivity contribution in [2.75, 3.05) is 25.1 Å². The monoisotopic (exact) mass is 304 g/mol. The summed E-state index contributed by atoms with van der Waals surface area (Å²) < 4.78 is 6.91. The van der Waals surface area contributed by atoms with Gasteiger partial charge in [0, 0.05) is 32.8 Å². The largest absolute Gasteiger partial charge is 0.377 e. The van der Waals surface area contributed by atoms with Crippen LogP contribution in [0.3, 0.4) is 0 Å². The molecule has 2 aromatic heterocycles. The molecular formula is C14H20N6O2. The second kappa shape index (κ2) is 6.69. The van der Waals surface area contributed by atoms with Gasteiger partial charge in [-0.2, -0.15) is 5.10 Å². The van der Waals surface area contributed by atoms with Gasteiger partial charge in [-0.05, 0) is 18.8 Å². The number of aromatic nitrogens is 5. The molecule has 1 N–H and O–H groups in total. The second-order valence-corrected chi connectivity index (χ2v) is 5.53. The predicted octanol–water partition coefficient (Wildman–Crippen LogP) is 0.424. The van der Waals surface area contributed by atoms with Crippen molar-refractivity contribution in [1.29, 1.82) is 0 Å². The summed E-state index contributed by atoms with van der Waals surface area (Å²) in [6.07, 6.45) is 5.41. The van der Waals surface area contributed by atoms with Gasteiger partial charge in [0.15, 0.2) is 0 Å². The van der Waals surface area contributed by atoms with Gasteiger partial charge in [-0.1, -0.05) is 0 Å². The van der Waals surface area contributed by atoms with Gasteiger partial charge in [0.2, 0.25) is 0 Å². The summed E-state index contributed by atoms with van der Waals surface area (Å²) in [6, 6.07) is 1.55. The highest BCUT2D eigenvalue weighted by Crippen LogP contribution is 2.22. The number of hydrogen-bond acceptors (Lipinski definition) is 6. The van der Waals surface area contributed by atoms with Crippen molar-refractivity contribution >= 4 is 5.82 Å². The summed E-state index contributed by atoms with van der Waals surface area (Å²) in [5.41, 5.74) is -0.137. The van der Waals surface area contributed by atoms with Crippen molar-refractivity contribution < 1.29 is 4.74 Å². The van der Waals surface area contributed by atoms with Crippen LogP contribution in [0.25, 0.3) is 0 Å². The van der Waals surface area contributed by atoms with Gasteiger partial charge in [0.05, 0.1) is 0 Å². The van der Waals surface area contributed by atoms with Crippen LogP contribution in [0, 0.1) is 5.92 Å². The van der Waals surface area contributed by atoms with Crippen molar-refractivity contribution in [2.24, 2.45) is 5.92 Å². The molecule has 2 aromatic rings. The number of nitrogens with one attached hydrogen (secondary N) is 1. The number of rotatable bonds is 5. The Morgan fingerprint density at radius 1 is 1.41 bits per heavy atom. The molecule has 8 heteroatoms. The number of piperidine rings is 1. The first-order valence-corrected chi connectivity index (χ1v) is 7.41. The van der Waals surface area contributed by atoms with E-state index >= 15 is 0 Å². The summed E-state index contributed by atoms with van der Waals surface area (Å²) in [4.78, 5) is 25.0. The highest BCUT2D eigenvalue weighted by atomic mass is 16.5. The zero-order valence-corrected chi connectivity index (χ0v) is 12.6. The van der Waals surface area contributed by atoms with Crippen LogP contribution in [0.4, 0.5) is 5.82 Å². The number of nitrogens with zero attached hydrogens (tertiary/aromatic N) is 5. The van der Waals surface area contributed by atoms with Gasteiger partial charge in [-0.15, -0.1) is 0 Å². The topological polar surface area (TPSA) is 88.9 Å². The van der Waals surface area contributed by atoms with Crippen molar-refractivity contribution in [3.05, 3.63) is 34.9 Å². The first-order valence-electron chi connectivity index (χ1n) is 7.41. The van der Waals surface area contributed by atoms with Crippen LogP contribution in [0.15, 0.2) is 23.5 Å². The van der Waals surface area contributed by atoms with E-state index in [1.807, 2.05) is 4.68 Å². The van der Waals surface area contributed by atoms with Crippen LogP contribution in [-0.4, -0.2) is 44.9 Å². The van der Waals surface area contributed by atoms with Crippen molar-refractivity contribution in [3.63, 3.8) is 0 Å². The van der Waals surface area contributed by atoms with E-state index in [2.05, 4.69) is 25.0 Å². The number of aromatic amines is 1. The highest BCUT2D eigenvalue weighted by Gasteiger charge is 2.21. The zero-order valence-electron chi connectivity index (χ0n) is 12.6. The van der Waals surface area contributed by atoms with Crippen LogP contribution >= 0.6 is 0 Å². The number of anilines is 1. The fourth-order valence-electron chi connectivity index (χ4n) is 2.80. The molecule has 0 aliphatic carbocycles. The molecule has 0 aromatic carbocycles. The van der Waals surface area contributed by atoms with Gasteiger partial charge in [-0.3, -0.25) is 9.48 Å². The third-order valence-electron chi connectivity index (χ3n) is 3.91. The van der Waals surface area contributed by atoms with Gasteiger partial charge < -0.3 is 14.6 Å². The highest BCUT2D eigenvalue weighted by molar-refractivity contribution is 5.37. The Morgan fingerprint density at radius 2 is 2.23 bits per heavy atom. The van der Waals surface area contributed by atoms with E-state index in [0.29, 0.717) is 18.3 Å². The smallest absolute Gasteiger partial charge is 0.253 e. The molecular weight excluding hydrogens is 284 g/mol. The maximum Gasteiger partial charge on any atom is 0.253 e. The zero-order chi connectivity index (χ0) is 15.4. The summed E-state index contributed by atoms with van der Waals surface area (Å²) in [7, 11) is 1.59. The van der Waals surface area contributed by atoms with Crippen LogP contribution in [0.5, 0.6) is 0 Å². The van der Waals surface area contributed by atoms with Gasteiger partial charge in [-0.25, -0.2) is 9.97 Å². The average Bonchev–Trinajstić information content (AvgIpc) is 3.01. The molecule has 0 spiro atoms. The minimum absolute atomic E-state index is 0.137. The molecule has 1 saturated heterocycles. The van der Waals surface area contributed by atoms with Crippen LogP contribution < -0.4 is 10.5 Å². The molecule has 3 rings (SSSR count). The van der Waals surface area contributed by atoms with Gasteiger partial charge in [0.25, 0.3) is 5.56 Å². The minimum atomic E-state index is -0.137. The molecule has 0 unspecified atom stereocenters. The third-order valence-corrected chi connectivity index (χ3v) is 3.91. The second-order valence-electron chi connectivity index (χ2n) is 5.53. The van der Waals surface area contributed by atoms with Crippen LogP contribution in [-0.2, 0) is 17.9 Å². The van der Waals surface area contributed by atoms with Crippen molar-refractivity contribution in [1.82, 2.24) is 24.7 Å². The lowest BCUT2D eigenvalue weighted by molar-refractivity contribution is 0.177. The maximum atomic E-state index is 11.7. The van der Waals surface area contributed by atoms with Gasteiger partial charge in [0.1, 0.15) is 30.9 Å². The molecule has 3 heterocycles. The molecule has 8 nitrogen and oxygen atoms in total. The van der Waals surface area contributed by atoms with E-state index < -0.39 is 0 Å². The Balaban J connectivity index is 1.62. The lowest BCUT2D eigenvalue weighted by Gasteiger charge is -2.32. The Bertz CT molecular complexity index is 646. The fourth-order valence-corrected chi connectivity index (χ4v) is 2.80. The minimum Gasteiger partial charge on any atom is -0.377 e. The number of hydrogen-bond donors (Lipinski definition) is 1. The predicted molar refractivity (Wildman–Crippen MR) is 80.5 cm³/mol. The number of ether oxygens (including phenoxy) is 1. The third kappa shape index (κ3) is 3.51. The maximum absolute atomic E-state index is 11.7. The summed E-state index contributed by atoms with van der Waals surface area (Å²) >= 11 is 0. The lowest BCUT2D eigenvalue weighted by atomic mass is 9.97. The first kappa shape index (κ1) is 14.7. The summed E-state index contributed by atoms with van der Waals surface area (Å²) in [5.74, 6) is 1.88. The molecule has 0 radical (unpaired) electrons. The Morgan fingerprint density at radius 3 is 2.91 bits per heavy atom. The number of H-pyrrole nitrogens is 1. The molecule has 1 aliphatic rings. The lowest BCUT2D eigenvalue weighted by Crippen LogP contribution is -2.36. The van der Waals surface area contributed by atoms with E-state index in [-0.39, 0.29) is 5.56 Å². The Kier molecular flexibility index (Phi) is 4.47. The van der Waals surface area contributed by atoms with E-state index in [1.54, 1.807) is 25.8 Å². The molecule has 0 bridgehead atoms. The average molecular weight is 304 g/mol. The quantitative estimate of drug-likeness (QED) is 0.861. The van der Waals surface area contributed by atoms with Crippen molar-refractivity contribution in [3.8, 4) is 0 Å². The number of methoxy groups -OCH3 is 1. The van der Waals surface area contributed by atoms with Crippen LogP contribution in [0.1, 0.15) is 18.7 Å². The van der Waals surface area contributed by atoms with Crippen molar-refractivity contribution in [2.45, 2.75) is 26.0 Å². The molecule has 118 valence electrons. The molecule has 1 fully saturated rings. The van der Waals surface area contributed by atoms with E-state index in [1.165, 1.54) is 0 Å². The molecule has 0 atom stereocenters. The Labute approximate surface area is 128 Å². The molecule has 1 aliphatic heterocycles. The summed E-state index contributed by atoms with van der Waals surface area (Å²) in [5, 5.41) is 4.15. The SMILES string of the molecule is COCc1nc(N2CCC(Cn3cncn3)CC2)cc(=O)[nH]1. The summed E-state index contributed by atoms with van der Waals surface area (Å²) in [6.45, 7) is 2.99. The molecule has 22 heavy (non-hydrogen) atoms.